The molecule has 1 aromatic rings. The molecule has 0 aliphatic heterocycles. The standard InChI is InChI=1S/C10H16N2OS/c1-13-10(5-3-6-10)9(12-11)8-4-2-7-14-8/h2,4,7,9,12H,3,5-6,11H2,1H3. The van der Waals surface area contributed by atoms with Gasteiger partial charge in [-0.2, -0.15) is 0 Å². The smallest absolute Gasteiger partial charge is 0.0893 e. The van der Waals surface area contributed by atoms with Crippen molar-refractivity contribution in [1.82, 2.24) is 5.43 Å². The summed E-state index contributed by atoms with van der Waals surface area (Å²) in [6.45, 7) is 0. The third-order valence-corrected chi connectivity index (χ3v) is 4.06. The van der Waals surface area contributed by atoms with Crippen LogP contribution in [-0.2, 0) is 4.74 Å². The molecule has 78 valence electrons. The van der Waals surface area contributed by atoms with Gasteiger partial charge in [0, 0.05) is 12.0 Å². The molecule has 1 aliphatic rings. The number of rotatable bonds is 4. The van der Waals surface area contributed by atoms with Crippen LogP contribution in [0.4, 0.5) is 0 Å². The first-order valence-corrected chi connectivity index (χ1v) is 5.75. The maximum Gasteiger partial charge on any atom is 0.0893 e. The third-order valence-electron chi connectivity index (χ3n) is 3.13. The van der Waals surface area contributed by atoms with Gasteiger partial charge in [-0.1, -0.05) is 6.07 Å². The molecule has 0 saturated heterocycles. The molecular weight excluding hydrogens is 196 g/mol. The first-order valence-electron chi connectivity index (χ1n) is 4.87. The Labute approximate surface area is 88.2 Å². The van der Waals surface area contributed by atoms with Crippen molar-refractivity contribution in [3.05, 3.63) is 22.4 Å². The van der Waals surface area contributed by atoms with Gasteiger partial charge in [-0.3, -0.25) is 5.84 Å². The van der Waals surface area contributed by atoms with E-state index < -0.39 is 0 Å². The molecule has 4 heteroatoms. The minimum absolute atomic E-state index is 0.0698. The number of hydrogen-bond acceptors (Lipinski definition) is 4. The van der Waals surface area contributed by atoms with Gasteiger partial charge >= 0.3 is 0 Å². The van der Waals surface area contributed by atoms with Crippen LogP contribution in [-0.4, -0.2) is 12.7 Å². The molecule has 1 saturated carbocycles. The Kier molecular flexibility index (Phi) is 2.88. The van der Waals surface area contributed by atoms with E-state index in [2.05, 4.69) is 16.9 Å². The Morgan fingerprint density at radius 1 is 1.64 bits per heavy atom. The van der Waals surface area contributed by atoms with E-state index in [0.29, 0.717) is 0 Å². The Balaban J connectivity index is 2.20. The largest absolute Gasteiger partial charge is 0.376 e. The zero-order valence-corrected chi connectivity index (χ0v) is 9.14. The van der Waals surface area contributed by atoms with Gasteiger partial charge in [-0.15, -0.1) is 11.3 Å². The van der Waals surface area contributed by atoms with E-state index in [1.54, 1.807) is 18.4 Å². The van der Waals surface area contributed by atoms with Crippen molar-refractivity contribution in [2.75, 3.05) is 7.11 Å². The second kappa shape index (κ2) is 3.98. The predicted molar refractivity (Wildman–Crippen MR) is 58.0 cm³/mol. The molecule has 14 heavy (non-hydrogen) atoms. The number of nitrogens with two attached hydrogens (primary N) is 1. The summed E-state index contributed by atoms with van der Waals surface area (Å²) in [5, 5.41) is 2.07. The first-order chi connectivity index (χ1) is 6.82. The molecule has 1 fully saturated rings. The van der Waals surface area contributed by atoms with Crippen molar-refractivity contribution in [3.8, 4) is 0 Å². The van der Waals surface area contributed by atoms with Crippen molar-refractivity contribution in [2.24, 2.45) is 5.84 Å². The van der Waals surface area contributed by atoms with Crippen LogP contribution < -0.4 is 11.3 Å². The molecule has 1 aliphatic carbocycles. The van der Waals surface area contributed by atoms with Crippen LogP contribution in [0.5, 0.6) is 0 Å². The van der Waals surface area contributed by atoms with Gasteiger partial charge in [0.05, 0.1) is 11.6 Å². The fourth-order valence-corrected chi connectivity index (χ4v) is 2.97. The molecule has 3 N–H and O–H groups in total. The summed E-state index contributed by atoms with van der Waals surface area (Å²) >= 11 is 1.72. The van der Waals surface area contributed by atoms with Crippen LogP contribution in [0.25, 0.3) is 0 Å². The van der Waals surface area contributed by atoms with Gasteiger partial charge in [-0.05, 0) is 30.7 Å². The second-order valence-electron chi connectivity index (χ2n) is 3.74. The van der Waals surface area contributed by atoms with Crippen LogP contribution in [0, 0.1) is 0 Å². The summed E-state index contributed by atoms with van der Waals surface area (Å²) in [7, 11) is 1.77. The molecule has 0 radical (unpaired) electrons. The van der Waals surface area contributed by atoms with Gasteiger partial charge in [0.1, 0.15) is 0 Å². The lowest BCUT2D eigenvalue weighted by atomic mass is 9.74. The van der Waals surface area contributed by atoms with E-state index in [1.165, 1.54) is 11.3 Å². The molecule has 0 spiro atoms. The zero-order chi connectivity index (χ0) is 10.0. The minimum Gasteiger partial charge on any atom is -0.376 e. The van der Waals surface area contributed by atoms with Crippen LogP contribution in [0.1, 0.15) is 30.2 Å². The Morgan fingerprint density at radius 3 is 2.79 bits per heavy atom. The van der Waals surface area contributed by atoms with Crippen LogP contribution in [0.3, 0.4) is 0 Å². The van der Waals surface area contributed by atoms with E-state index in [9.17, 15) is 0 Å². The minimum atomic E-state index is -0.0698. The van der Waals surface area contributed by atoms with Crippen LogP contribution in [0.15, 0.2) is 17.5 Å². The van der Waals surface area contributed by atoms with E-state index >= 15 is 0 Å². The number of thiophene rings is 1. The van der Waals surface area contributed by atoms with Crippen molar-refractivity contribution in [2.45, 2.75) is 30.9 Å². The Hall–Kier alpha value is -0.420. The fraction of sp³-hybridized carbons (Fsp3) is 0.600. The Bertz CT molecular complexity index is 277. The van der Waals surface area contributed by atoms with Gasteiger partial charge in [-0.25, -0.2) is 5.43 Å². The number of nitrogens with one attached hydrogen (secondary N) is 1. The third kappa shape index (κ3) is 1.48. The molecule has 0 amide bonds. The fourth-order valence-electron chi connectivity index (χ4n) is 2.08. The van der Waals surface area contributed by atoms with E-state index in [-0.39, 0.29) is 11.6 Å². The van der Waals surface area contributed by atoms with E-state index in [1.807, 2.05) is 6.07 Å². The topological polar surface area (TPSA) is 47.3 Å². The molecule has 2 rings (SSSR count). The van der Waals surface area contributed by atoms with Crippen LogP contribution in [0.2, 0.25) is 0 Å². The summed E-state index contributed by atoms with van der Waals surface area (Å²) in [6, 6.07) is 4.29. The highest BCUT2D eigenvalue weighted by Crippen LogP contribution is 2.45. The normalized spacial score (nSPS) is 21.6. The van der Waals surface area contributed by atoms with Crippen molar-refractivity contribution < 1.29 is 4.74 Å². The number of ether oxygens (including phenoxy) is 1. The molecule has 3 nitrogen and oxygen atoms in total. The summed E-state index contributed by atoms with van der Waals surface area (Å²) in [6.07, 6.45) is 3.42. The van der Waals surface area contributed by atoms with Gasteiger partial charge in [0.2, 0.25) is 0 Å². The molecule has 1 unspecified atom stereocenters. The van der Waals surface area contributed by atoms with Crippen molar-refractivity contribution in [3.63, 3.8) is 0 Å². The maximum absolute atomic E-state index is 5.61. The Morgan fingerprint density at radius 2 is 2.43 bits per heavy atom. The van der Waals surface area contributed by atoms with Gasteiger partial charge < -0.3 is 4.74 Å². The summed E-state index contributed by atoms with van der Waals surface area (Å²) in [4.78, 5) is 1.26. The highest BCUT2D eigenvalue weighted by atomic mass is 32.1. The van der Waals surface area contributed by atoms with Gasteiger partial charge in [0.15, 0.2) is 0 Å². The number of hydrogen-bond donors (Lipinski definition) is 2. The maximum atomic E-state index is 5.61. The lowest BCUT2D eigenvalue weighted by Gasteiger charge is -2.45. The number of methoxy groups -OCH3 is 1. The lowest BCUT2D eigenvalue weighted by Crippen LogP contribution is -2.52. The highest BCUT2D eigenvalue weighted by Gasteiger charge is 2.45. The molecule has 1 aromatic heterocycles. The monoisotopic (exact) mass is 212 g/mol. The van der Waals surface area contributed by atoms with Crippen LogP contribution >= 0.6 is 11.3 Å². The SMILES string of the molecule is COC1(C(NN)c2cccs2)CCC1. The predicted octanol–water partition coefficient (Wildman–Crippen LogP) is 1.82. The lowest BCUT2D eigenvalue weighted by molar-refractivity contribution is -0.0991. The highest BCUT2D eigenvalue weighted by molar-refractivity contribution is 7.10. The summed E-state index contributed by atoms with van der Waals surface area (Å²) in [5.41, 5.74) is 2.81. The van der Waals surface area contributed by atoms with Crippen molar-refractivity contribution >= 4 is 11.3 Å². The van der Waals surface area contributed by atoms with E-state index in [0.717, 1.165) is 12.8 Å². The van der Waals surface area contributed by atoms with E-state index in [4.69, 9.17) is 10.6 Å². The average Bonchev–Trinajstić information content (AvgIpc) is 2.63. The summed E-state index contributed by atoms with van der Waals surface area (Å²) in [5.74, 6) is 5.61. The quantitative estimate of drug-likeness (QED) is 0.591. The summed E-state index contributed by atoms with van der Waals surface area (Å²) < 4.78 is 5.61. The molecule has 1 atom stereocenters. The molecule has 0 bridgehead atoms. The second-order valence-corrected chi connectivity index (χ2v) is 4.72. The average molecular weight is 212 g/mol. The molecule has 0 aromatic carbocycles. The molecule has 1 heterocycles. The molecular formula is C10H16N2OS. The van der Waals surface area contributed by atoms with Gasteiger partial charge in [0.25, 0.3) is 0 Å². The first kappa shape index (κ1) is 10.1. The zero-order valence-electron chi connectivity index (χ0n) is 8.32. The van der Waals surface area contributed by atoms with Crippen molar-refractivity contribution in [1.29, 1.82) is 0 Å². The number of hydrazine groups is 1.